The number of nitrogens with zero attached hydrogens (tertiary/aromatic N) is 1. The highest BCUT2D eigenvalue weighted by molar-refractivity contribution is 6.68. The van der Waals surface area contributed by atoms with Crippen LogP contribution < -0.4 is 0 Å². The maximum atomic E-state index is 10.3. The second-order valence-corrected chi connectivity index (χ2v) is 4.50. The summed E-state index contributed by atoms with van der Waals surface area (Å²) < 4.78 is -1.79. The van der Waals surface area contributed by atoms with Crippen LogP contribution in [-0.2, 0) is 0 Å². The smallest absolute Gasteiger partial charge is 0.259 e. The van der Waals surface area contributed by atoms with Gasteiger partial charge in [0.25, 0.3) is 9.83 Å². The van der Waals surface area contributed by atoms with Crippen LogP contribution in [0.4, 0.5) is 0 Å². The normalized spacial score (nSPS) is 14.5. The molecule has 11 heavy (non-hydrogen) atoms. The fraction of sp³-hybridized carbons (Fsp3) is 1.00. The summed E-state index contributed by atoms with van der Waals surface area (Å²) >= 11 is 16.1. The summed E-state index contributed by atoms with van der Waals surface area (Å²) in [6, 6.07) is -1.10. The Morgan fingerprint density at radius 1 is 1.55 bits per heavy atom. The average molecular weight is 220 g/mol. The Balaban J connectivity index is 4.22. The van der Waals surface area contributed by atoms with E-state index in [2.05, 4.69) is 0 Å². The van der Waals surface area contributed by atoms with Gasteiger partial charge in [-0.15, -0.1) is 0 Å². The highest BCUT2D eigenvalue weighted by atomic mass is 35.6. The molecule has 0 aromatic heterocycles. The fourth-order valence-electron chi connectivity index (χ4n) is 0.662. The van der Waals surface area contributed by atoms with Crippen molar-refractivity contribution < 1.29 is 4.92 Å². The summed E-state index contributed by atoms with van der Waals surface area (Å²) in [4.78, 5) is 9.73. The Morgan fingerprint density at radius 3 is 2.09 bits per heavy atom. The fourth-order valence-corrected chi connectivity index (χ4v) is 1.23. The van der Waals surface area contributed by atoms with Crippen molar-refractivity contribution in [3.63, 3.8) is 0 Å². The van der Waals surface area contributed by atoms with Gasteiger partial charge in [-0.25, -0.2) is 0 Å². The maximum absolute atomic E-state index is 10.3. The van der Waals surface area contributed by atoms with Crippen molar-refractivity contribution in [2.24, 2.45) is 0 Å². The van der Waals surface area contributed by atoms with E-state index in [-0.39, 0.29) is 6.42 Å². The Kier molecular flexibility index (Phi) is 4.44. The minimum absolute atomic E-state index is 0.281. The molecule has 1 atom stereocenters. The van der Waals surface area contributed by atoms with Crippen molar-refractivity contribution in [2.75, 3.05) is 0 Å². The molecule has 0 unspecified atom stereocenters. The first-order valence-electron chi connectivity index (χ1n) is 3.09. The van der Waals surface area contributed by atoms with E-state index in [1.54, 1.807) is 6.92 Å². The molecule has 66 valence electrons. The molecule has 3 nitrogen and oxygen atoms in total. The van der Waals surface area contributed by atoms with Crippen molar-refractivity contribution in [3.05, 3.63) is 10.1 Å². The Morgan fingerprint density at radius 2 is 2.00 bits per heavy atom. The molecule has 0 spiro atoms. The van der Waals surface area contributed by atoms with Gasteiger partial charge in [0.2, 0.25) is 0 Å². The molecule has 0 heterocycles. The standard InChI is InChI=1S/C5H8Cl3NO2/c1-2-3-4(9(10)11)5(6,7)8/h4H,2-3H2,1H3/t4-/m1/s1. The quantitative estimate of drug-likeness (QED) is 0.417. The van der Waals surface area contributed by atoms with Gasteiger partial charge >= 0.3 is 0 Å². The van der Waals surface area contributed by atoms with Crippen LogP contribution >= 0.6 is 34.8 Å². The van der Waals surface area contributed by atoms with Gasteiger partial charge in [0.15, 0.2) is 0 Å². The molecule has 6 heteroatoms. The zero-order valence-corrected chi connectivity index (χ0v) is 8.16. The molecular weight excluding hydrogens is 212 g/mol. The van der Waals surface area contributed by atoms with Gasteiger partial charge in [-0.3, -0.25) is 10.1 Å². The number of hydrogen-bond donors (Lipinski definition) is 0. The van der Waals surface area contributed by atoms with Crippen LogP contribution in [0.3, 0.4) is 0 Å². The summed E-state index contributed by atoms with van der Waals surface area (Å²) in [5, 5.41) is 10.3. The van der Waals surface area contributed by atoms with E-state index in [1.807, 2.05) is 0 Å². The van der Waals surface area contributed by atoms with Crippen LogP contribution in [0.1, 0.15) is 19.8 Å². The molecule has 0 aromatic rings. The van der Waals surface area contributed by atoms with Gasteiger partial charge in [-0.05, 0) is 6.42 Å². The van der Waals surface area contributed by atoms with Crippen LogP contribution in [0.25, 0.3) is 0 Å². The molecule has 0 rings (SSSR count). The van der Waals surface area contributed by atoms with E-state index in [0.717, 1.165) is 0 Å². The third kappa shape index (κ3) is 3.99. The Labute approximate surface area is 79.8 Å². The second-order valence-electron chi connectivity index (χ2n) is 2.13. The first kappa shape index (κ1) is 11.3. The molecule has 0 aromatic carbocycles. The molecule has 0 fully saturated rings. The summed E-state index contributed by atoms with van der Waals surface area (Å²) in [5.74, 6) is 0. The van der Waals surface area contributed by atoms with Crippen molar-refractivity contribution >= 4 is 34.8 Å². The van der Waals surface area contributed by atoms with E-state index in [0.29, 0.717) is 6.42 Å². The molecule has 0 bridgehead atoms. The Bertz CT molecular complexity index is 145. The van der Waals surface area contributed by atoms with Gasteiger partial charge in [-0.1, -0.05) is 41.7 Å². The van der Waals surface area contributed by atoms with E-state index in [1.165, 1.54) is 0 Å². The lowest BCUT2D eigenvalue weighted by Gasteiger charge is -2.15. The lowest BCUT2D eigenvalue weighted by atomic mass is 10.2. The van der Waals surface area contributed by atoms with Crippen LogP contribution in [0.5, 0.6) is 0 Å². The first-order chi connectivity index (χ1) is 4.89. The predicted molar refractivity (Wildman–Crippen MR) is 46.0 cm³/mol. The number of hydrogen-bond acceptors (Lipinski definition) is 2. The van der Waals surface area contributed by atoms with Crippen molar-refractivity contribution in [1.29, 1.82) is 0 Å². The minimum Gasteiger partial charge on any atom is -0.264 e. The minimum atomic E-state index is -1.79. The molecule has 0 aliphatic heterocycles. The average Bonchev–Trinajstić information content (AvgIpc) is 1.79. The molecule has 0 aliphatic rings. The predicted octanol–water partition coefficient (Wildman–Crippen LogP) is 2.80. The number of halogens is 3. The van der Waals surface area contributed by atoms with Crippen LogP contribution in [0.2, 0.25) is 0 Å². The Hall–Kier alpha value is 0.270. The van der Waals surface area contributed by atoms with Crippen molar-refractivity contribution in [1.82, 2.24) is 0 Å². The summed E-state index contributed by atoms with van der Waals surface area (Å²) in [7, 11) is 0. The zero-order valence-electron chi connectivity index (χ0n) is 5.89. The maximum Gasteiger partial charge on any atom is 0.259 e. The van der Waals surface area contributed by atoms with Gasteiger partial charge < -0.3 is 0 Å². The van der Waals surface area contributed by atoms with Gasteiger partial charge in [0.1, 0.15) is 0 Å². The third-order valence-electron chi connectivity index (χ3n) is 1.19. The number of alkyl halides is 3. The molecule has 0 saturated carbocycles. The number of rotatable bonds is 3. The van der Waals surface area contributed by atoms with Crippen LogP contribution in [-0.4, -0.2) is 14.8 Å². The summed E-state index contributed by atoms with van der Waals surface area (Å²) in [5.41, 5.74) is 0. The van der Waals surface area contributed by atoms with Gasteiger partial charge in [0.05, 0.1) is 0 Å². The molecule has 0 radical (unpaired) electrons. The van der Waals surface area contributed by atoms with Gasteiger partial charge in [0, 0.05) is 11.3 Å². The van der Waals surface area contributed by atoms with Crippen LogP contribution in [0, 0.1) is 10.1 Å². The van der Waals surface area contributed by atoms with E-state index in [4.69, 9.17) is 34.8 Å². The second kappa shape index (κ2) is 4.33. The first-order valence-corrected chi connectivity index (χ1v) is 4.23. The molecule has 0 saturated heterocycles. The van der Waals surface area contributed by atoms with E-state index in [9.17, 15) is 10.1 Å². The third-order valence-corrected chi connectivity index (χ3v) is 1.95. The van der Waals surface area contributed by atoms with E-state index < -0.39 is 14.8 Å². The topological polar surface area (TPSA) is 43.1 Å². The van der Waals surface area contributed by atoms with Crippen molar-refractivity contribution in [3.8, 4) is 0 Å². The summed E-state index contributed by atoms with van der Waals surface area (Å²) in [6.07, 6.45) is 0.906. The highest BCUT2D eigenvalue weighted by Gasteiger charge is 2.41. The SMILES string of the molecule is CCC[C@@H]([N+](=O)[O-])C(Cl)(Cl)Cl. The highest BCUT2D eigenvalue weighted by Crippen LogP contribution is 2.33. The largest absolute Gasteiger partial charge is 0.264 e. The lowest BCUT2D eigenvalue weighted by Crippen LogP contribution is -2.33. The molecular formula is C5H8Cl3NO2. The number of nitro groups is 1. The molecule has 0 aliphatic carbocycles. The monoisotopic (exact) mass is 219 g/mol. The van der Waals surface area contributed by atoms with E-state index >= 15 is 0 Å². The molecule has 0 N–H and O–H groups in total. The lowest BCUT2D eigenvalue weighted by molar-refractivity contribution is -0.522. The van der Waals surface area contributed by atoms with Crippen molar-refractivity contribution in [2.45, 2.75) is 29.6 Å². The van der Waals surface area contributed by atoms with Crippen LogP contribution in [0.15, 0.2) is 0 Å². The molecule has 0 amide bonds. The zero-order chi connectivity index (χ0) is 9.07. The summed E-state index contributed by atoms with van der Waals surface area (Å²) in [6.45, 7) is 1.80. The van der Waals surface area contributed by atoms with Gasteiger partial charge in [-0.2, -0.15) is 0 Å².